The Balaban J connectivity index is 3.60. The molecular weight excluding hydrogens is 120 g/mol. The summed E-state index contributed by atoms with van der Waals surface area (Å²) in [6.07, 6.45) is 6.98. The molecule has 1 atom stereocenters. The minimum atomic E-state index is 0.834. The van der Waals surface area contributed by atoms with E-state index >= 15 is 0 Å². The maximum absolute atomic E-state index is 2.30. The van der Waals surface area contributed by atoms with Gasteiger partial charge in [-0.15, -0.1) is 0 Å². The van der Waals surface area contributed by atoms with E-state index in [4.69, 9.17) is 0 Å². The van der Waals surface area contributed by atoms with Crippen LogP contribution in [0.15, 0.2) is 12.2 Å². The lowest BCUT2D eigenvalue weighted by Crippen LogP contribution is -2.05. The molecule has 0 amide bonds. The fourth-order valence-electron chi connectivity index (χ4n) is 1.22. The van der Waals surface area contributed by atoms with Gasteiger partial charge in [0.1, 0.15) is 0 Å². The lowest BCUT2D eigenvalue weighted by atomic mass is 9.90. The van der Waals surface area contributed by atoms with E-state index in [-0.39, 0.29) is 0 Å². The Hall–Kier alpha value is -0.260. The van der Waals surface area contributed by atoms with E-state index in [9.17, 15) is 0 Å². The fourth-order valence-corrected chi connectivity index (χ4v) is 1.22. The lowest BCUT2D eigenvalue weighted by Gasteiger charge is -2.16. The summed E-state index contributed by atoms with van der Waals surface area (Å²) >= 11 is 0. The van der Waals surface area contributed by atoms with Gasteiger partial charge in [-0.25, -0.2) is 0 Å². The molecule has 0 saturated heterocycles. The van der Waals surface area contributed by atoms with Crippen molar-refractivity contribution in [3.8, 4) is 0 Å². The van der Waals surface area contributed by atoms with Crippen LogP contribution in [0, 0.1) is 11.8 Å². The van der Waals surface area contributed by atoms with Gasteiger partial charge in [-0.2, -0.15) is 0 Å². The lowest BCUT2D eigenvalue weighted by molar-refractivity contribution is 0.377. The van der Waals surface area contributed by atoms with Gasteiger partial charge >= 0.3 is 0 Å². The van der Waals surface area contributed by atoms with Gasteiger partial charge in [0.15, 0.2) is 0 Å². The van der Waals surface area contributed by atoms with E-state index < -0.39 is 0 Å². The second-order valence-corrected chi connectivity index (χ2v) is 3.22. The zero-order valence-corrected chi connectivity index (χ0v) is 7.72. The van der Waals surface area contributed by atoms with Gasteiger partial charge in [-0.1, -0.05) is 39.3 Å². The van der Waals surface area contributed by atoms with Crippen LogP contribution in [0.5, 0.6) is 0 Å². The van der Waals surface area contributed by atoms with Gasteiger partial charge in [-0.05, 0) is 25.2 Å². The Kier molecular flexibility index (Phi) is 5.38. The van der Waals surface area contributed by atoms with Crippen molar-refractivity contribution in [2.75, 3.05) is 0 Å². The Labute approximate surface area is 65.3 Å². The molecule has 0 aliphatic rings. The summed E-state index contributed by atoms with van der Waals surface area (Å²) in [4.78, 5) is 0. The van der Waals surface area contributed by atoms with Crippen molar-refractivity contribution in [3.05, 3.63) is 12.2 Å². The maximum Gasteiger partial charge on any atom is -0.0320 e. The van der Waals surface area contributed by atoms with Crippen LogP contribution in [0.1, 0.15) is 40.5 Å². The van der Waals surface area contributed by atoms with E-state index in [1.54, 1.807) is 0 Å². The molecule has 0 spiro atoms. The van der Waals surface area contributed by atoms with Crippen molar-refractivity contribution in [1.29, 1.82) is 0 Å². The second kappa shape index (κ2) is 5.52. The molecule has 1 unspecified atom stereocenters. The molecule has 0 aliphatic carbocycles. The molecule has 0 saturated carbocycles. The predicted molar refractivity (Wildman–Crippen MR) is 48.1 cm³/mol. The van der Waals surface area contributed by atoms with Crippen LogP contribution in [0.3, 0.4) is 0 Å². The van der Waals surface area contributed by atoms with Crippen molar-refractivity contribution in [2.45, 2.75) is 40.5 Å². The minimum absolute atomic E-state index is 0.834. The van der Waals surface area contributed by atoms with Crippen LogP contribution in [0.2, 0.25) is 0 Å². The second-order valence-electron chi connectivity index (χ2n) is 3.22. The predicted octanol–water partition coefficient (Wildman–Crippen LogP) is 3.63. The summed E-state index contributed by atoms with van der Waals surface area (Å²) in [5.41, 5.74) is 0. The average Bonchev–Trinajstić information content (AvgIpc) is 1.89. The molecule has 0 nitrogen and oxygen atoms in total. The van der Waals surface area contributed by atoms with Gasteiger partial charge in [0.05, 0.1) is 0 Å². The molecule has 0 aromatic rings. The van der Waals surface area contributed by atoms with Crippen molar-refractivity contribution in [3.63, 3.8) is 0 Å². The highest BCUT2D eigenvalue weighted by molar-refractivity contribution is 4.80. The first-order chi connectivity index (χ1) is 4.72. The number of hydrogen-bond donors (Lipinski definition) is 0. The summed E-state index contributed by atoms with van der Waals surface area (Å²) in [6.45, 7) is 8.97. The van der Waals surface area contributed by atoms with Gasteiger partial charge in [0.25, 0.3) is 0 Å². The van der Waals surface area contributed by atoms with Gasteiger partial charge in [0, 0.05) is 0 Å². The van der Waals surface area contributed by atoms with Crippen LogP contribution < -0.4 is 0 Å². The SMILES string of the molecule is C/C=C/CC(CC)C(C)C. The molecule has 0 radical (unpaired) electrons. The van der Waals surface area contributed by atoms with E-state index in [0.29, 0.717) is 0 Å². The first kappa shape index (κ1) is 9.74. The highest BCUT2D eigenvalue weighted by Crippen LogP contribution is 2.18. The van der Waals surface area contributed by atoms with E-state index in [2.05, 4.69) is 39.8 Å². The molecule has 0 bridgehead atoms. The van der Waals surface area contributed by atoms with Gasteiger partial charge in [0.2, 0.25) is 0 Å². The molecule has 0 aromatic carbocycles. The normalized spacial score (nSPS) is 14.9. The van der Waals surface area contributed by atoms with Crippen molar-refractivity contribution in [1.82, 2.24) is 0 Å². The molecule has 0 rings (SSSR count). The smallest absolute Gasteiger partial charge is 0.0320 e. The zero-order valence-electron chi connectivity index (χ0n) is 7.72. The van der Waals surface area contributed by atoms with Crippen molar-refractivity contribution in [2.24, 2.45) is 11.8 Å². The Bertz CT molecular complexity index is 90.2. The molecule has 60 valence electrons. The summed E-state index contributed by atoms with van der Waals surface area (Å²) in [5, 5.41) is 0. The largest absolute Gasteiger partial charge is 0.0917 e. The quantitative estimate of drug-likeness (QED) is 0.523. The third kappa shape index (κ3) is 3.71. The molecular formula is C10H20. The topological polar surface area (TPSA) is 0 Å². The van der Waals surface area contributed by atoms with Gasteiger partial charge in [-0.3, -0.25) is 0 Å². The van der Waals surface area contributed by atoms with Crippen LogP contribution in [0.25, 0.3) is 0 Å². The molecule has 0 aromatic heterocycles. The number of hydrogen-bond acceptors (Lipinski definition) is 0. The van der Waals surface area contributed by atoms with Crippen LogP contribution in [0.4, 0.5) is 0 Å². The molecule has 0 aliphatic heterocycles. The Morgan fingerprint density at radius 3 is 2.20 bits per heavy atom. The average molecular weight is 140 g/mol. The minimum Gasteiger partial charge on any atom is -0.0917 e. The van der Waals surface area contributed by atoms with Crippen molar-refractivity contribution < 1.29 is 0 Å². The van der Waals surface area contributed by atoms with E-state index in [1.807, 2.05) is 0 Å². The van der Waals surface area contributed by atoms with Crippen LogP contribution in [-0.2, 0) is 0 Å². The van der Waals surface area contributed by atoms with E-state index in [1.165, 1.54) is 12.8 Å². The standard InChI is InChI=1S/C10H20/c1-5-7-8-10(6-2)9(3)4/h5,7,9-10H,6,8H2,1-4H3/b7-5+. The fraction of sp³-hybridized carbons (Fsp3) is 0.800. The number of allylic oxidation sites excluding steroid dienone is 2. The van der Waals surface area contributed by atoms with E-state index in [0.717, 1.165) is 11.8 Å². The van der Waals surface area contributed by atoms with Crippen LogP contribution >= 0.6 is 0 Å². The third-order valence-corrected chi connectivity index (χ3v) is 2.14. The van der Waals surface area contributed by atoms with Crippen LogP contribution in [-0.4, -0.2) is 0 Å². The zero-order chi connectivity index (χ0) is 7.98. The highest BCUT2D eigenvalue weighted by atomic mass is 14.1. The first-order valence-corrected chi connectivity index (χ1v) is 4.33. The van der Waals surface area contributed by atoms with Gasteiger partial charge < -0.3 is 0 Å². The first-order valence-electron chi connectivity index (χ1n) is 4.33. The summed E-state index contributed by atoms with van der Waals surface area (Å²) < 4.78 is 0. The summed E-state index contributed by atoms with van der Waals surface area (Å²) in [6, 6.07) is 0. The Morgan fingerprint density at radius 2 is 1.90 bits per heavy atom. The summed E-state index contributed by atoms with van der Waals surface area (Å²) in [5.74, 6) is 1.72. The molecule has 0 heteroatoms. The monoisotopic (exact) mass is 140 g/mol. The molecule has 0 heterocycles. The summed E-state index contributed by atoms with van der Waals surface area (Å²) in [7, 11) is 0. The Morgan fingerprint density at radius 1 is 1.30 bits per heavy atom. The molecule has 0 N–H and O–H groups in total. The number of rotatable bonds is 4. The maximum atomic E-state index is 2.30. The highest BCUT2D eigenvalue weighted by Gasteiger charge is 2.07. The van der Waals surface area contributed by atoms with Crippen molar-refractivity contribution >= 4 is 0 Å². The molecule has 10 heavy (non-hydrogen) atoms. The molecule has 0 fully saturated rings. The third-order valence-electron chi connectivity index (χ3n) is 2.14.